The third-order valence-electron chi connectivity index (χ3n) is 3.54. The Bertz CT molecular complexity index is 662. The molecule has 0 fully saturated rings. The van der Waals surface area contributed by atoms with Crippen molar-refractivity contribution in [3.8, 4) is 11.1 Å². The highest BCUT2D eigenvalue weighted by Crippen LogP contribution is 2.26. The number of aryl methyl sites for hydroxylation is 2. The van der Waals surface area contributed by atoms with Crippen LogP contribution in [-0.2, 0) is 17.6 Å². The SMILES string of the molecule is CCCc1ccc(-c2ccc(CC(=O)O)c(F)c2)c(C)c1. The normalized spacial score (nSPS) is 10.6. The molecule has 21 heavy (non-hydrogen) atoms. The van der Waals surface area contributed by atoms with Crippen LogP contribution >= 0.6 is 0 Å². The van der Waals surface area contributed by atoms with E-state index < -0.39 is 11.8 Å². The molecule has 0 radical (unpaired) electrons. The number of hydrogen-bond acceptors (Lipinski definition) is 1. The fourth-order valence-corrected chi connectivity index (χ4v) is 2.51. The lowest BCUT2D eigenvalue weighted by Crippen LogP contribution is -2.02. The Morgan fingerprint density at radius 3 is 2.52 bits per heavy atom. The lowest BCUT2D eigenvalue weighted by atomic mass is 9.96. The minimum Gasteiger partial charge on any atom is -0.481 e. The Morgan fingerprint density at radius 2 is 1.95 bits per heavy atom. The number of halogens is 1. The molecular weight excluding hydrogens is 267 g/mol. The first kappa shape index (κ1) is 15.2. The van der Waals surface area contributed by atoms with Crippen LogP contribution in [0.3, 0.4) is 0 Å². The number of carbonyl (C=O) groups is 1. The molecule has 0 unspecified atom stereocenters. The summed E-state index contributed by atoms with van der Waals surface area (Å²) in [5, 5.41) is 8.74. The van der Waals surface area contributed by atoms with Crippen molar-refractivity contribution in [2.45, 2.75) is 33.1 Å². The van der Waals surface area contributed by atoms with E-state index in [0.717, 1.165) is 29.5 Å². The van der Waals surface area contributed by atoms with Gasteiger partial charge in [0.25, 0.3) is 0 Å². The average Bonchev–Trinajstić information content (AvgIpc) is 2.41. The number of hydrogen-bond donors (Lipinski definition) is 1. The number of benzene rings is 2. The van der Waals surface area contributed by atoms with Crippen molar-refractivity contribution >= 4 is 5.97 Å². The van der Waals surface area contributed by atoms with Gasteiger partial charge in [-0.05, 0) is 47.2 Å². The zero-order chi connectivity index (χ0) is 15.4. The topological polar surface area (TPSA) is 37.3 Å². The Morgan fingerprint density at radius 1 is 1.19 bits per heavy atom. The van der Waals surface area contributed by atoms with Crippen LogP contribution in [-0.4, -0.2) is 11.1 Å². The fraction of sp³-hybridized carbons (Fsp3) is 0.278. The summed E-state index contributed by atoms with van der Waals surface area (Å²) < 4.78 is 14.0. The second-order valence-corrected chi connectivity index (χ2v) is 5.28. The van der Waals surface area contributed by atoms with Crippen molar-refractivity contribution in [2.75, 3.05) is 0 Å². The smallest absolute Gasteiger partial charge is 0.307 e. The van der Waals surface area contributed by atoms with Crippen molar-refractivity contribution in [3.63, 3.8) is 0 Å². The third-order valence-corrected chi connectivity index (χ3v) is 3.54. The quantitative estimate of drug-likeness (QED) is 0.885. The van der Waals surface area contributed by atoms with E-state index in [1.54, 1.807) is 12.1 Å². The summed E-state index contributed by atoms with van der Waals surface area (Å²) in [5.74, 6) is -1.49. The molecule has 0 bridgehead atoms. The van der Waals surface area contributed by atoms with Gasteiger partial charge >= 0.3 is 5.97 Å². The first-order chi connectivity index (χ1) is 10.0. The molecule has 2 nitrogen and oxygen atoms in total. The Hall–Kier alpha value is -2.16. The molecule has 0 saturated carbocycles. The molecule has 0 aromatic heterocycles. The predicted molar refractivity (Wildman–Crippen MR) is 81.9 cm³/mol. The largest absolute Gasteiger partial charge is 0.481 e. The van der Waals surface area contributed by atoms with Crippen LogP contribution in [0, 0.1) is 12.7 Å². The van der Waals surface area contributed by atoms with E-state index in [1.165, 1.54) is 11.6 Å². The Labute approximate surface area is 124 Å². The van der Waals surface area contributed by atoms with Gasteiger partial charge in [0.15, 0.2) is 0 Å². The van der Waals surface area contributed by atoms with Crippen LogP contribution in [0.5, 0.6) is 0 Å². The zero-order valence-corrected chi connectivity index (χ0v) is 12.3. The summed E-state index contributed by atoms with van der Waals surface area (Å²) >= 11 is 0. The average molecular weight is 286 g/mol. The summed E-state index contributed by atoms with van der Waals surface area (Å²) in [4.78, 5) is 10.7. The predicted octanol–water partition coefficient (Wildman–Crippen LogP) is 4.38. The molecule has 0 amide bonds. The molecular formula is C18H19FO2. The van der Waals surface area contributed by atoms with Crippen molar-refractivity contribution in [2.24, 2.45) is 0 Å². The van der Waals surface area contributed by atoms with Crippen molar-refractivity contribution in [3.05, 3.63) is 58.9 Å². The van der Waals surface area contributed by atoms with Crippen LogP contribution in [0.1, 0.15) is 30.0 Å². The Balaban J connectivity index is 2.34. The standard InChI is InChI=1S/C18H19FO2/c1-3-4-13-5-8-16(12(2)9-13)14-6-7-15(11-18(20)21)17(19)10-14/h5-10H,3-4,11H2,1-2H3,(H,20,21). The number of carboxylic acids is 1. The Kier molecular flexibility index (Phi) is 4.73. The molecule has 2 aromatic rings. The van der Waals surface area contributed by atoms with Gasteiger partial charge in [0.05, 0.1) is 6.42 Å². The fourth-order valence-electron chi connectivity index (χ4n) is 2.51. The maximum atomic E-state index is 14.0. The van der Waals surface area contributed by atoms with Crippen LogP contribution in [0.15, 0.2) is 36.4 Å². The van der Waals surface area contributed by atoms with E-state index in [1.807, 2.05) is 13.0 Å². The molecule has 0 aliphatic carbocycles. The number of aliphatic carboxylic acids is 1. The van der Waals surface area contributed by atoms with Gasteiger partial charge < -0.3 is 5.11 Å². The van der Waals surface area contributed by atoms with E-state index in [-0.39, 0.29) is 12.0 Å². The van der Waals surface area contributed by atoms with Crippen molar-refractivity contribution in [1.82, 2.24) is 0 Å². The van der Waals surface area contributed by atoms with Crippen LogP contribution in [0.25, 0.3) is 11.1 Å². The highest BCUT2D eigenvalue weighted by Gasteiger charge is 2.10. The summed E-state index contributed by atoms with van der Waals surface area (Å²) in [6.45, 7) is 4.15. The first-order valence-electron chi connectivity index (χ1n) is 7.11. The molecule has 3 heteroatoms. The van der Waals surface area contributed by atoms with Crippen LogP contribution in [0.2, 0.25) is 0 Å². The molecule has 0 spiro atoms. The van der Waals surface area contributed by atoms with Crippen LogP contribution in [0.4, 0.5) is 4.39 Å². The maximum absolute atomic E-state index is 14.0. The zero-order valence-electron chi connectivity index (χ0n) is 12.3. The molecule has 2 aromatic carbocycles. The second-order valence-electron chi connectivity index (χ2n) is 5.28. The van der Waals surface area contributed by atoms with Gasteiger partial charge in [-0.2, -0.15) is 0 Å². The van der Waals surface area contributed by atoms with Gasteiger partial charge in [0.1, 0.15) is 5.82 Å². The van der Waals surface area contributed by atoms with E-state index in [9.17, 15) is 9.18 Å². The molecule has 0 atom stereocenters. The molecule has 2 rings (SSSR count). The van der Waals surface area contributed by atoms with E-state index in [0.29, 0.717) is 0 Å². The summed E-state index contributed by atoms with van der Waals surface area (Å²) in [6.07, 6.45) is 1.84. The summed E-state index contributed by atoms with van der Waals surface area (Å²) in [7, 11) is 0. The summed E-state index contributed by atoms with van der Waals surface area (Å²) in [6, 6.07) is 10.9. The van der Waals surface area contributed by atoms with Crippen molar-refractivity contribution in [1.29, 1.82) is 0 Å². The summed E-state index contributed by atoms with van der Waals surface area (Å²) in [5.41, 5.74) is 4.36. The lowest BCUT2D eigenvalue weighted by molar-refractivity contribution is -0.136. The third kappa shape index (κ3) is 3.69. The minimum atomic E-state index is -1.03. The number of rotatable bonds is 5. The minimum absolute atomic E-state index is 0.214. The maximum Gasteiger partial charge on any atom is 0.307 e. The highest BCUT2D eigenvalue weighted by molar-refractivity contribution is 5.72. The van der Waals surface area contributed by atoms with Gasteiger partial charge in [0.2, 0.25) is 0 Å². The van der Waals surface area contributed by atoms with Gasteiger partial charge in [-0.25, -0.2) is 4.39 Å². The molecule has 0 aliphatic heterocycles. The van der Waals surface area contributed by atoms with Crippen LogP contribution < -0.4 is 0 Å². The first-order valence-corrected chi connectivity index (χ1v) is 7.11. The van der Waals surface area contributed by atoms with Gasteiger partial charge in [0, 0.05) is 0 Å². The van der Waals surface area contributed by atoms with E-state index >= 15 is 0 Å². The van der Waals surface area contributed by atoms with E-state index in [2.05, 4.69) is 19.1 Å². The molecule has 0 aliphatic rings. The molecule has 1 N–H and O–H groups in total. The van der Waals surface area contributed by atoms with Gasteiger partial charge in [-0.15, -0.1) is 0 Å². The highest BCUT2D eigenvalue weighted by atomic mass is 19.1. The molecule has 0 saturated heterocycles. The number of carboxylic acid groups (broad SMARTS) is 1. The second kappa shape index (κ2) is 6.53. The lowest BCUT2D eigenvalue weighted by Gasteiger charge is -2.10. The monoisotopic (exact) mass is 286 g/mol. The van der Waals surface area contributed by atoms with Gasteiger partial charge in [-0.1, -0.05) is 43.7 Å². The van der Waals surface area contributed by atoms with Crippen molar-refractivity contribution < 1.29 is 14.3 Å². The van der Waals surface area contributed by atoms with E-state index in [4.69, 9.17) is 5.11 Å². The molecule has 0 heterocycles. The van der Waals surface area contributed by atoms with Gasteiger partial charge in [-0.3, -0.25) is 4.79 Å². The molecule has 110 valence electrons.